The maximum atomic E-state index is 10.2. The third-order valence-electron chi connectivity index (χ3n) is 3.88. The molecule has 24 heavy (non-hydrogen) atoms. The highest BCUT2D eigenvalue weighted by Gasteiger charge is 2.11. The molecule has 2 aromatic carbocycles. The fraction of sp³-hybridized carbons (Fsp3) is 0.211. The maximum Gasteiger partial charge on any atom is 0.200 e. The van der Waals surface area contributed by atoms with Gasteiger partial charge >= 0.3 is 0 Å². The standard InChI is InChI=1S/C19H20N2O3/c1-21-18-6-4-3-5-16(18)17(19(21)22)13-20-11-12-24-15-9-7-14(23-2)8-10-15/h3-10,13,22H,11-12H2,1-2H3. The van der Waals surface area contributed by atoms with Crippen molar-refractivity contribution in [2.75, 3.05) is 20.3 Å². The molecule has 0 aliphatic heterocycles. The molecule has 0 aliphatic rings. The number of ether oxygens (including phenoxy) is 2. The molecule has 3 aromatic rings. The molecule has 5 nitrogen and oxygen atoms in total. The maximum absolute atomic E-state index is 10.2. The van der Waals surface area contributed by atoms with Crippen molar-refractivity contribution in [3.63, 3.8) is 0 Å². The van der Waals surface area contributed by atoms with Gasteiger partial charge in [-0.25, -0.2) is 0 Å². The number of rotatable bonds is 6. The van der Waals surface area contributed by atoms with Gasteiger partial charge in [-0.05, 0) is 30.3 Å². The van der Waals surface area contributed by atoms with E-state index in [0.717, 1.165) is 28.0 Å². The van der Waals surface area contributed by atoms with Gasteiger partial charge in [0.05, 0.1) is 24.7 Å². The highest BCUT2D eigenvalue weighted by atomic mass is 16.5. The quantitative estimate of drug-likeness (QED) is 0.558. The molecule has 0 bridgehead atoms. The lowest BCUT2D eigenvalue weighted by Crippen LogP contribution is -2.01. The number of benzene rings is 2. The smallest absolute Gasteiger partial charge is 0.200 e. The van der Waals surface area contributed by atoms with Crippen LogP contribution in [-0.2, 0) is 7.05 Å². The molecule has 0 aliphatic carbocycles. The predicted octanol–water partition coefficient (Wildman–Crippen LogP) is 3.39. The van der Waals surface area contributed by atoms with Gasteiger partial charge < -0.3 is 19.1 Å². The largest absolute Gasteiger partial charge is 0.497 e. The zero-order chi connectivity index (χ0) is 16.9. The van der Waals surface area contributed by atoms with Crippen molar-refractivity contribution in [1.29, 1.82) is 0 Å². The molecule has 3 rings (SSSR count). The average molecular weight is 324 g/mol. The average Bonchev–Trinajstić information content (AvgIpc) is 2.87. The molecule has 5 heteroatoms. The number of nitrogens with zero attached hydrogens (tertiary/aromatic N) is 2. The van der Waals surface area contributed by atoms with Crippen molar-refractivity contribution in [3.8, 4) is 17.4 Å². The van der Waals surface area contributed by atoms with Crippen molar-refractivity contribution in [2.24, 2.45) is 12.0 Å². The van der Waals surface area contributed by atoms with E-state index in [4.69, 9.17) is 9.47 Å². The summed E-state index contributed by atoms with van der Waals surface area (Å²) in [4.78, 5) is 4.37. The molecule has 0 spiro atoms. The third-order valence-corrected chi connectivity index (χ3v) is 3.88. The van der Waals surface area contributed by atoms with Gasteiger partial charge in [0, 0.05) is 18.6 Å². The first-order valence-electron chi connectivity index (χ1n) is 7.74. The first-order chi connectivity index (χ1) is 11.7. The number of aryl methyl sites for hydroxylation is 1. The van der Waals surface area contributed by atoms with Crippen LogP contribution < -0.4 is 9.47 Å². The minimum absolute atomic E-state index is 0.219. The topological polar surface area (TPSA) is 56.0 Å². The minimum atomic E-state index is 0.219. The number of fused-ring (bicyclic) bond motifs is 1. The second-order valence-corrected chi connectivity index (χ2v) is 5.37. The van der Waals surface area contributed by atoms with E-state index >= 15 is 0 Å². The molecule has 0 saturated heterocycles. The number of aromatic hydroxyl groups is 1. The molecule has 0 radical (unpaired) electrons. The minimum Gasteiger partial charge on any atom is -0.497 e. The summed E-state index contributed by atoms with van der Waals surface area (Å²) in [6, 6.07) is 15.3. The fourth-order valence-electron chi connectivity index (χ4n) is 2.58. The summed E-state index contributed by atoms with van der Waals surface area (Å²) >= 11 is 0. The molecular formula is C19H20N2O3. The number of para-hydroxylation sites is 1. The van der Waals surface area contributed by atoms with Crippen LogP contribution in [0, 0.1) is 0 Å². The Morgan fingerprint density at radius 1 is 1.08 bits per heavy atom. The normalized spacial score (nSPS) is 11.2. The second-order valence-electron chi connectivity index (χ2n) is 5.37. The van der Waals surface area contributed by atoms with Gasteiger partial charge in [-0.2, -0.15) is 0 Å². The van der Waals surface area contributed by atoms with E-state index in [9.17, 15) is 5.11 Å². The molecule has 1 heterocycles. The van der Waals surface area contributed by atoms with E-state index in [2.05, 4.69) is 4.99 Å². The zero-order valence-corrected chi connectivity index (χ0v) is 13.8. The van der Waals surface area contributed by atoms with Crippen molar-refractivity contribution in [1.82, 2.24) is 4.57 Å². The van der Waals surface area contributed by atoms with Crippen LogP contribution >= 0.6 is 0 Å². The number of hydrogen-bond donors (Lipinski definition) is 1. The summed E-state index contributed by atoms with van der Waals surface area (Å²) < 4.78 is 12.5. The predicted molar refractivity (Wildman–Crippen MR) is 95.5 cm³/mol. The van der Waals surface area contributed by atoms with E-state index in [-0.39, 0.29) is 5.88 Å². The lowest BCUT2D eigenvalue weighted by molar-refractivity contribution is 0.328. The Kier molecular flexibility index (Phi) is 4.70. The molecule has 0 saturated carbocycles. The van der Waals surface area contributed by atoms with Crippen LogP contribution in [0.25, 0.3) is 10.9 Å². The molecule has 0 atom stereocenters. The molecule has 1 N–H and O–H groups in total. The van der Waals surface area contributed by atoms with Gasteiger partial charge in [0.25, 0.3) is 0 Å². The van der Waals surface area contributed by atoms with E-state index in [1.54, 1.807) is 17.9 Å². The van der Waals surface area contributed by atoms with Crippen molar-refractivity contribution in [3.05, 3.63) is 54.1 Å². The van der Waals surface area contributed by atoms with Gasteiger partial charge in [0.1, 0.15) is 18.1 Å². The summed E-state index contributed by atoms with van der Waals surface area (Å²) in [6.07, 6.45) is 1.70. The lowest BCUT2D eigenvalue weighted by Gasteiger charge is -2.05. The van der Waals surface area contributed by atoms with E-state index in [0.29, 0.717) is 13.2 Å². The van der Waals surface area contributed by atoms with Gasteiger partial charge in [-0.1, -0.05) is 18.2 Å². The number of aromatic nitrogens is 1. The van der Waals surface area contributed by atoms with Gasteiger partial charge in [-0.3, -0.25) is 4.99 Å². The molecule has 0 fully saturated rings. The Balaban J connectivity index is 1.61. The Labute approximate surface area is 140 Å². The number of hydrogen-bond acceptors (Lipinski definition) is 4. The summed E-state index contributed by atoms with van der Waals surface area (Å²) in [5.41, 5.74) is 1.71. The molecule has 124 valence electrons. The van der Waals surface area contributed by atoms with Gasteiger partial charge in [0.15, 0.2) is 0 Å². The van der Waals surface area contributed by atoms with Crippen LogP contribution in [0.15, 0.2) is 53.5 Å². The Hall–Kier alpha value is -2.95. The van der Waals surface area contributed by atoms with Crippen molar-refractivity contribution >= 4 is 17.1 Å². The highest BCUT2D eigenvalue weighted by Crippen LogP contribution is 2.28. The highest BCUT2D eigenvalue weighted by molar-refractivity contribution is 6.02. The SMILES string of the molecule is COc1ccc(OCCN=Cc2c(O)n(C)c3ccccc23)cc1. The van der Waals surface area contributed by atoms with Gasteiger partial charge in [0.2, 0.25) is 5.88 Å². The summed E-state index contributed by atoms with van der Waals surface area (Å²) in [7, 11) is 3.47. The van der Waals surface area contributed by atoms with E-state index < -0.39 is 0 Å². The summed E-state index contributed by atoms with van der Waals surface area (Å²) in [5, 5.41) is 11.2. The summed E-state index contributed by atoms with van der Waals surface area (Å²) in [5.74, 6) is 1.79. The first kappa shape index (κ1) is 15.9. The Morgan fingerprint density at radius 2 is 1.79 bits per heavy atom. The van der Waals surface area contributed by atoms with Crippen molar-refractivity contribution < 1.29 is 14.6 Å². The number of methoxy groups -OCH3 is 1. The summed E-state index contributed by atoms with van der Waals surface area (Å²) in [6.45, 7) is 0.975. The lowest BCUT2D eigenvalue weighted by atomic mass is 10.2. The van der Waals surface area contributed by atoms with Crippen LogP contribution in [0.5, 0.6) is 17.4 Å². The second kappa shape index (κ2) is 7.08. The van der Waals surface area contributed by atoms with Crippen LogP contribution in [0.4, 0.5) is 0 Å². The van der Waals surface area contributed by atoms with Crippen LogP contribution in [-0.4, -0.2) is 36.1 Å². The fourth-order valence-corrected chi connectivity index (χ4v) is 2.58. The Morgan fingerprint density at radius 3 is 2.54 bits per heavy atom. The first-order valence-corrected chi connectivity index (χ1v) is 7.74. The Bertz CT molecular complexity index is 851. The molecule has 0 unspecified atom stereocenters. The van der Waals surface area contributed by atoms with Crippen LogP contribution in [0.3, 0.4) is 0 Å². The molecule has 0 amide bonds. The zero-order valence-electron chi connectivity index (χ0n) is 13.8. The van der Waals surface area contributed by atoms with Crippen LogP contribution in [0.2, 0.25) is 0 Å². The third kappa shape index (κ3) is 3.20. The van der Waals surface area contributed by atoms with Gasteiger partial charge in [-0.15, -0.1) is 0 Å². The van der Waals surface area contributed by atoms with Crippen LogP contribution in [0.1, 0.15) is 5.56 Å². The van der Waals surface area contributed by atoms with E-state index in [1.165, 1.54) is 0 Å². The number of aliphatic imine (C=N–C) groups is 1. The molecular weight excluding hydrogens is 304 g/mol. The van der Waals surface area contributed by atoms with E-state index in [1.807, 2.05) is 55.6 Å². The van der Waals surface area contributed by atoms with Crippen molar-refractivity contribution in [2.45, 2.75) is 0 Å². The monoisotopic (exact) mass is 324 g/mol. The molecule has 1 aromatic heterocycles.